The van der Waals surface area contributed by atoms with Crippen LogP contribution in [0.1, 0.15) is 89.0 Å². The van der Waals surface area contributed by atoms with E-state index in [0.29, 0.717) is 94.9 Å². The number of nitrogens with one attached hydrogen (secondary N) is 1. The van der Waals surface area contributed by atoms with Crippen LogP contribution in [0.4, 0.5) is 26.3 Å². The highest BCUT2D eigenvalue weighted by molar-refractivity contribution is 6.12. The number of rotatable bonds is 12. The second kappa shape index (κ2) is 19.8. The average Bonchev–Trinajstić information content (AvgIpc) is 4.17. The SMILES string of the molecule is COC(=O)c1nn(C)c2c3ncc(-c4c(C)nnn4C)cc3n(C(CCC(F)(F)F)c3ncccc3C)c12.Cc1cccnc1C(CCC(F)(F)F)C1(C)N=c2c(-c3c(C)nnn3C)ccnc2=C2C1=C(C(=O)O)NN2C. The second-order valence-electron chi connectivity index (χ2n) is 19.1. The lowest BCUT2D eigenvalue weighted by molar-refractivity contribution is -0.137. The van der Waals surface area contributed by atoms with Gasteiger partial charge < -0.3 is 14.4 Å². The molecule has 77 heavy (non-hydrogen) atoms. The number of methoxy groups -OCH3 is 1. The summed E-state index contributed by atoms with van der Waals surface area (Å²) in [7, 11) is 8.01. The molecule has 3 unspecified atom stereocenters. The van der Waals surface area contributed by atoms with Gasteiger partial charge in [-0.3, -0.25) is 40.0 Å². The molecule has 8 aromatic rings. The molecule has 10 heterocycles. The molecule has 8 aromatic heterocycles. The first-order valence-electron chi connectivity index (χ1n) is 24.1. The van der Waals surface area contributed by atoms with Gasteiger partial charge in [-0.1, -0.05) is 22.6 Å². The minimum atomic E-state index is -4.44. The van der Waals surface area contributed by atoms with Crippen LogP contribution in [0.25, 0.3) is 50.3 Å². The fourth-order valence-electron chi connectivity index (χ4n) is 10.7. The number of hydrogen-bond acceptors (Lipinski definition) is 15. The lowest BCUT2D eigenvalue weighted by Gasteiger charge is -2.38. The Morgan fingerprint density at radius 3 is 1.96 bits per heavy atom. The number of aliphatic carboxylic acids is 1. The van der Waals surface area contributed by atoms with E-state index in [1.54, 1.807) is 119 Å². The van der Waals surface area contributed by atoms with E-state index in [2.05, 4.69) is 51.1 Å². The van der Waals surface area contributed by atoms with Gasteiger partial charge in [0.05, 0.1) is 63.7 Å². The molecule has 402 valence electrons. The van der Waals surface area contributed by atoms with Crippen molar-refractivity contribution in [2.45, 2.75) is 90.2 Å². The Kier molecular flexibility index (Phi) is 13.7. The zero-order valence-corrected chi connectivity index (χ0v) is 43.4. The lowest BCUT2D eigenvalue weighted by atomic mass is 9.71. The molecule has 0 saturated heterocycles. The zero-order valence-electron chi connectivity index (χ0n) is 43.4. The molecule has 0 fully saturated rings. The van der Waals surface area contributed by atoms with Gasteiger partial charge >= 0.3 is 24.3 Å². The largest absolute Gasteiger partial charge is 0.477 e. The Morgan fingerprint density at radius 2 is 1.39 bits per heavy atom. The third kappa shape index (κ3) is 9.59. The highest BCUT2D eigenvalue weighted by Gasteiger charge is 2.50. The molecule has 0 aromatic carbocycles. The molecule has 0 saturated carbocycles. The second-order valence-corrected chi connectivity index (χ2v) is 19.1. The third-order valence-corrected chi connectivity index (χ3v) is 14.0. The van der Waals surface area contributed by atoms with E-state index in [4.69, 9.17) is 9.73 Å². The lowest BCUT2D eigenvalue weighted by Crippen LogP contribution is -2.49. The van der Waals surface area contributed by atoms with E-state index >= 15 is 0 Å². The number of carboxylic acids is 1. The molecule has 0 bridgehead atoms. The van der Waals surface area contributed by atoms with Gasteiger partial charge in [0, 0.05) is 94.1 Å². The van der Waals surface area contributed by atoms with E-state index in [-0.39, 0.29) is 29.8 Å². The van der Waals surface area contributed by atoms with Crippen molar-refractivity contribution in [1.29, 1.82) is 0 Å². The number of carbonyl (C=O) groups is 2. The maximum Gasteiger partial charge on any atom is 0.389 e. The first-order chi connectivity index (χ1) is 36.3. The third-order valence-electron chi connectivity index (χ3n) is 14.0. The van der Waals surface area contributed by atoms with Crippen molar-refractivity contribution < 1.29 is 45.8 Å². The van der Waals surface area contributed by atoms with E-state index in [1.165, 1.54) is 23.0 Å². The molecule has 10 rings (SSSR count). The quantitative estimate of drug-likeness (QED) is 0.0953. The molecular weight excluding hydrogens is 1010 g/mol. The van der Waals surface area contributed by atoms with Crippen LogP contribution in [-0.4, -0.2) is 118 Å². The summed E-state index contributed by atoms with van der Waals surface area (Å²) in [5, 5.41) is 33.3. The maximum atomic E-state index is 13.6. The number of pyridine rings is 4. The number of halogens is 6. The fraction of sp³-hybridized carbons (Fsp3) is 0.373. The smallest absolute Gasteiger partial charge is 0.389 e. The molecule has 0 radical (unpaired) electrons. The van der Waals surface area contributed by atoms with Crippen LogP contribution in [-0.2, 0) is 30.7 Å². The number of aromatic nitrogens is 13. The Labute approximate surface area is 434 Å². The van der Waals surface area contributed by atoms with Gasteiger partial charge in [0.15, 0.2) is 5.69 Å². The summed E-state index contributed by atoms with van der Waals surface area (Å²) >= 11 is 0. The Balaban J connectivity index is 0.000000188. The molecule has 2 aliphatic heterocycles. The number of nitrogens with zero attached hydrogens (tertiary/aromatic N) is 15. The van der Waals surface area contributed by atoms with Crippen molar-refractivity contribution in [1.82, 2.24) is 74.7 Å². The molecule has 2 N–H and O–H groups in total. The van der Waals surface area contributed by atoms with Crippen molar-refractivity contribution >= 4 is 39.7 Å². The van der Waals surface area contributed by atoms with Crippen LogP contribution in [0.5, 0.6) is 0 Å². The molecular formula is C51H52F6N16O4. The van der Waals surface area contributed by atoms with Crippen molar-refractivity contribution in [3.05, 3.63) is 123 Å². The molecule has 20 nitrogen and oxygen atoms in total. The van der Waals surface area contributed by atoms with Gasteiger partial charge in [0.2, 0.25) is 0 Å². The number of carboxylic acid groups (broad SMARTS) is 1. The Bertz CT molecular complexity index is 3780. The Morgan fingerprint density at radius 1 is 0.779 bits per heavy atom. The van der Waals surface area contributed by atoms with E-state index in [1.807, 2.05) is 13.0 Å². The van der Waals surface area contributed by atoms with E-state index in [9.17, 15) is 41.0 Å². The van der Waals surface area contributed by atoms with Crippen LogP contribution >= 0.6 is 0 Å². The van der Waals surface area contributed by atoms with Crippen molar-refractivity contribution in [2.75, 3.05) is 14.2 Å². The molecule has 0 aliphatic carbocycles. The summed E-state index contributed by atoms with van der Waals surface area (Å²) in [6.07, 6.45) is -5.34. The minimum absolute atomic E-state index is 0.0199. The zero-order chi connectivity index (χ0) is 55.6. The van der Waals surface area contributed by atoms with Gasteiger partial charge in [-0.05, 0) is 82.9 Å². The van der Waals surface area contributed by atoms with Crippen molar-refractivity contribution in [2.24, 2.45) is 26.1 Å². The summed E-state index contributed by atoms with van der Waals surface area (Å²) in [5.74, 6) is -2.88. The number of alkyl halides is 6. The number of carbonyl (C=O) groups excluding carboxylic acids is 1. The first kappa shape index (κ1) is 53.3. The molecule has 0 spiro atoms. The summed E-state index contributed by atoms with van der Waals surface area (Å²) in [6.45, 7) is 8.85. The van der Waals surface area contributed by atoms with Crippen molar-refractivity contribution in [3.8, 4) is 22.5 Å². The predicted molar refractivity (Wildman–Crippen MR) is 267 cm³/mol. The molecule has 26 heteroatoms. The number of hydrogen-bond donors (Lipinski definition) is 2. The molecule has 2 aliphatic rings. The van der Waals surface area contributed by atoms with Crippen molar-refractivity contribution in [3.63, 3.8) is 0 Å². The predicted octanol–water partition coefficient (Wildman–Crippen LogP) is 6.75. The first-order valence-corrected chi connectivity index (χ1v) is 24.1. The summed E-state index contributed by atoms with van der Waals surface area (Å²) in [6, 6.07) is 9.70. The number of aryl methyl sites for hydroxylation is 7. The van der Waals surface area contributed by atoms with Gasteiger partial charge in [0.25, 0.3) is 0 Å². The van der Waals surface area contributed by atoms with Gasteiger partial charge in [0.1, 0.15) is 27.6 Å². The summed E-state index contributed by atoms with van der Waals surface area (Å²) < 4.78 is 92.9. The average molecular weight is 1070 g/mol. The van der Waals surface area contributed by atoms with Crippen LogP contribution in [0.15, 0.2) is 77.4 Å². The maximum absolute atomic E-state index is 13.6. The minimum Gasteiger partial charge on any atom is -0.477 e. The van der Waals surface area contributed by atoms with Crippen LogP contribution in [0, 0.1) is 27.7 Å². The monoisotopic (exact) mass is 1070 g/mol. The Hall–Kier alpha value is -8.58. The van der Waals surface area contributed by atoms with Gasteiger partial charge in [-0.2, -0.15) is 31.4 Å². The number of esters is 1. The molecule has 0 amide bonds. The topological polar surface area (TPSA) is 227 Å². The van der Waals surface area contributed by atoms with E-state index < -0.39 is 54.6 Å². The number of likely N-dealkylation sites (N-methyl/N-ethyl adjacent to an activating group) is 1. The molecule has 3 atom stereocenters. The highest BCUT2D eigenvalue weighted by Crippen LogP contribution is 2.49. The van der Waals surface area contributed by atoms with Gasteiger partial charge in [-0.15, -0.1) is 10.2 Å². The normalized spacial score (nSPS) is 16.2. The summed E-state index contributed by atoms with van der Waals surface area (Å²) in [5.41, 5.74) is 10.00. The number of hydrazine groups is 1. The highest BCUT2D eigenvalue weighted by atomic mass is 19.4. The fourth-order valence-corrected chi connectivity index (χ4v) is 10.7. The summed E-state index contributed by atoms with van der Waals surface area (Å²) in [4.78, 5) is 48.5. The standard InChI is InChI=1S/C26H27F3N8O2.C25H25F3N8O2/c1-13-7-6-11-30-18(13)16(8-10-26(27,28)29)25(3)17-20(24(38)39)34-36(4)23(17)21-19(32-25)15(9-12-31-21)22-14(2)33-35-37(22)5;1-13-7-6-10-29-18(13)16(8-9-25(26,27)28)36-17-11-15(21-14(2)31-33-35(21)4)12-30-19(17)22-23(36)20(24(37)38-5)32-34(22)3/h6-7,9,11-12,16,34H,8,10H2,1-5H3,(H,38,39);6-7,10-12,16H,8-9H2,1-5H3. The van der Waals surface area contributed by atoms with E-state index in [0.717, 1.165) is 0 Å². The van der Waals surface area contributed by atoms with Crippen LogP contribution in [0.3, 0.4) is 0 Å². The van der Waals surface area contributed by atoms with Crippen LogP contribution in [0.2, 0.25) is 0 Å². The number of ether oxygens (including phenoxy) is 1. The van der Waals surface area contributed by atoms with Gasteiger partial charge in [-0.25, -0.2) is 19.0 Å². The van der Waals surface area contributed by atoms with Crippen LogP contribution < -0.4 is 16.1 Å². The number of fused-ring (bicyclic) bond motifs is 5.